The fourth-order valence-corrected chi connectivity index (χ4v) is 2.61. The van der Waals surface area contributed by atoms with Gasteiger partial charge < -0.3 is 10.1 Å². The van der Waals surface area contributed by atoms with E-state index in [0.717, 1.165) is 23.7 Å². The van der Waals surface area contributed by atoms with E-state index < -0.39 is 0 Å². The molecule has 0 saturated carbocycles. The minimum atomic E-state index is -0.352. The second-order valence-corrected chi connectivity index (χ2v) is 5.22. The zero-order valence-corrected chi connectivity index (χ0v) is 13.0. The summed E-state index contributed by atoms with van der Waals surface area (Å²) in [6.45, 7) is 0.742. The van der Waals surface area contributed by atoms with Crippen LogP contribution in [0.2, 0.25) is 0 Å². The van der Waals surface area contributed by atoms with E-state index in [2.05, 4.69) is 22.4 Å². The van der Waals surface area contributed by atoms with Crippen LogP contribution in [0.25, 0.3) is 10.8 Å². The van der Waals surface area contributed by atoms with Crippen molar-refractivity contribution in [2.45, 2.75) is 6.42 Å². The lowest BCUT2D eigenvalue weighted by molar-refractivity contribution is 0.0603. The molecule has 1 N–H and O–H groups in total. The molecule has 0 atom stereocenters. The summed E-state index contributed by atoms with van der Waals surface area (Å²) in [6, 6.07) is 17.7. The van der Waals surface area contributed by atoms with Gasteiger partial charge in [0.25, 0.3) is 0 Å². The van der Waals surface area contributed by atoms with Gasteiger partial charge in [0.15, 0.2) is 0 Å². The first-order valence-corrected chi connectivity index (χ1v) is 7.53. The summed E-state index contributed by atoms with van der Waals surface area (Å²) in [5.41, 5.74) is 1.79. The van der Waals surface area contributed by atoms with Gasteiger partial charge in [0.05, 0.1) is 12.7 Å². The van der Waals surface area contributed by atoms with Crippen LogP contribution in [-0.2, 0) is 11.2 Å². The number of benzene rings is 2. The number of methoxy groups -OCH3 is 1. The van der Waals surface area contributed by atoms with Crippen LogP contribution in [0.15, 0.2) is 60.8 Å². The number of anilines is 1. The van der Waals surface area contributed by atoms with Crippen molar-refractivity contribution in [3.8, 4) is 0 Å². The maximum Gasteiger partial charge on any atom is 0.338 e. The SMILES string of the molecule is COC(=O)c1cccc2ccnc(NCCc3ccccc3)c12. The molecule has 116 valence electrons. The number of pyridine rings is 1. The zero-order valence-electron chi connectivity index (χ0n) is 13.0. The lowest BCUT2D eigenvalue weighted by Gasteiger charge is -2.11. The smallest absolute Gasteiger partial charge is 0.338 e. The van der Waals surface area contributed by atoms with Gasteiger partial charge in [-0.25, -0.2) is 9.78 Å². The molecule has 0 radical (unpaired) electrons. The molecule has 0 unspecified atom stereocenters. The first-order chi connectivity index (χ1) is 11.3. The van der Waals surface area contributed by atoms with E-state index in [9.17, 15) is 4.79 Å². The van der Waals surface area contributed by atoms with E-state index in [1.807, 2.05) is 36.4 Å². The maximum atomic E-state index is 12.0. The molecule has 4 nitrogen and oxygen atoms in total. The van der Waals surface area contributed by atoms with Crippen LogP contribution in [-0.4, -0.2) is 24.6 Å². The van der Waals surface area contributed by atoms with E-state index in [-0.39, 0.29) is 5.97 Å². The standard InChI is InChI=1S/C19H18N2O2/c1-23-19(22)16-9-5-8-15-11-13-21-18(17(15)16)20-12-10-14-6-3-2-4-7-14/h2-9,11,13H,10,12H2,1H3,(H,20,21). The molecule has 0 spiro atoms. The van der Waals surface area contributed by atoms with Crippen LogP contribution in [0.3, 0.4) is 0 Å². The average Bonchev–Trinajstić information content (AvgIpc) is 2.61. The normalized spacial score (nSPS) is 10.5. The first-order valence-electron chi connectivity index (χ1n) is 7.53. The molecule has 1 heterocycles. The van der Waals surface area contributed by atoms with Crippen LogP contribution in [0, 0.1) is 0 Å². The molecule has 2 aromatic carbocycles. The van der Waals surface area contributed by atoms with Crippen molar-refractivity contribution >= 4 is 22.6 Å². The van der Waals surface area contributed by atoms with Gasteiger partial charge in [0, 0.05) is 18.1 Å². The molecule has 0 saturated heterocycles. The van der Waals surface area contributed by atoms with E-state index in [4.69, 9.17) is 4.74 Å². The number of aromatic nitrogens is 1. The number of hydrogen-bond acceptors (Lipinski definition) is 4. The number of hydrogen-bond donors (Lipinski definition) is 1. The molecule has 0 bridgehead atoms. The lowest BCUT2D eigenvalue weighted by Crippen LogP contribution is -2.09. The minimum Gasteiger partial charge on any atom is -0.465 e. The van der Waals surface area contributed by atoms with E-state index in [0.29, 0.717) is 11.4 Å². The number of nitrogens with zero attached hydrogens (tertiary/aromatic N) is 1. The Labute approximate surface area is 135 Å². The third-order valence-corrected chi connectivity index (χ3v) is 3.75. The molecule has 0 fully saturated rings. The second kappa shape index (κ2) is 6.92. The van der Waals surface area contributed by atoms with Gasteiger partial charge in [-0.15, -0.1) is 0 Å². The lowest BCUT2D eigenvalue weighted by atomic mass is 10.1. The molecule has 4 heteroatoms. The molecule has 0 aliphatic rings. The highest BCUT2D eigenvalue weighted by atomic mass is 16.5. The predicted molar refractivity (Wildman–Crippen MR) is 91.7 cm³/mol. The van der Waals surface area contributed by atoms with Gasteiger partial charge in [0.1, 0.15) is 5.82 Å². The quantitative estimate of drug-likeness (QED) is 0.731. The van der Waals surface area contributed by atoms with E-state index in [1.54, 1.807) is 12.3 Å². The van der Waals surface area contributed by atoms with Crippen LogP contribution in [0.5, 0.6) is 0 Å². The number of fused-ring (bicyclic) bond motifs is 1. The summed E-state index contributed by atoms with van der Waals surface area (Å²) in [7, 11) is 1.39. The molecular weight excluding hydrogens is 288 g/mol. The number of rotatable bonds is 5. The topological polar surface area (TPSA) is 51.2 Å². The van der Waals surface area contributed by atoms with Crippen molar-refractivity contribution in [3.05, 3.63) is 71.9 Å². The maximum absolute atomic E-state index is 12.0. The van der Waals surface area contributed by atoms with Crippen molar-refractivity contribution in [2.24, 2.45) is 0 Å². The summed E-state index contributed by atoms with van der Waals surface area (Å²) in [5.74, 6) is 0.356. The number of carbonyl (C=O) groups is 1. The third kappa shape index (κ3) is 3.31. The molecule has 0 aliphatic heterocycles. The van der Waals surface area contributed by atoms with Crippen LogP contribution in [0.4, 0.5) is 5.82 Å². The van der Waals surface area contributed by atoms with Crippen LogP contribution < -0.4 is 5.32 Å². The van der Waals surface area contributed by atoms with Gasteiger partial charge in [-0.05, 0) is 29.5 Å². The molecule has 1 aromatic heterocycles. The summed E-state index contributed by atoms with van der Waals surface area (Å²) in [6.07, 6.45) is 2.63. The highest BCUT2D eigenvalue weighted by Crippen LogP contribution is 2.25. The number of esters is 1. The fraction of sp³-hybridized carbons (Fsp3) is 0.158. The largest absolute Gasteiger partial charge is 0.465 e. The Morgan fingerprint density at radius 3 is 2.70 bits per heavy atom. The Balaban J connectivity index is 1.87. The van der Waals surface area contributed by atoms with Crippen molar-refractivity contribution in [1.29, 1.82) is 0 Å². The van der Waals surface area contributed by atoms with Gasteiger partial charge in [-0.3, -0.25) is 0 Å². The van der Waals surface area contributed by atoms with Crippen LogP contribution in [0.1, 0.15) is 15.9 Å². The Hall–Kier alpha value is -2.88. The number of carbonyl (C=O) groups excluding carboxylic acids is 1. The molecule has 3 aromatic rings. The van der Waals surface area contributed by atoms with Crippen molar-refractivity contribution < 1.29 is 9.53 Å². The first kappa shape index (κ1) is 15.0. The summed E-state index contributed by atoms with van der Waals surface area (Å²) < 4.78 is 4.88. The predicted octanol–water partition coefficient (Wildman–Crippen LogP) is 3.68. The number of ether oxygens (including phenoxy) is 1. The van der Waals surface area contributed by atoms with Crippen LogP contribution >= 0.6 is 0 Å². The van der Waals surface area contributed by atoms with E-state index >= 15 is 0 Å². The molecule has 23 heavy (non-hydrogen) atoms. The highest BCUT2D eigenvalue weighted by Gasteiger charge is 2.13. The van der Waals surface area contributed by atoms with E-state index in [1.165, 1.54) is 12.7 Å². The Kier molecular flexibility index (Phi) is 4.52. The third-order valence-electron chi connectivity index (χ3n) is 3.75. The summed E-state index contributed by atoms with van der Waals surface area (Å²) >= 11 is 0. The molecule has 3 rings (SSSR count). The number of nitrogens with one attached hydrogen (secondary N) is 1. The zero-order chi connectivity index (χ0) is 16.1. The highest BCUT2D eigenvalue weighted by molar-refractivity contribution is 6.08. The average molecular weight is 306 g/mol. The molecular formula is C19H18N2O2. The second-order valence-electron chi connectivity index (χ2n) is 5.22. The van der Waals surface area contributed by atoms with Crippen molar-refractivity contribution in [2.75, 3.05) is 19.0 Å². The monoisotopic (exact) mass is 306 g/mol. The Morgan fingerprint density at radius 2 is 1.91 bits per heavy atom. The van der Waals surface area contributed by atoms with Crippen molar-refractivity contribution in [3.63, 3.8) is 0 Å². The summed E-state index contributed by atoms with van der Waals surface area (Å²) in [5, 5.41) is 5.10. The van der Waals surface area contributed by atoms with Gasteiger partial charge >= 0.3 is 5.97 Å². The van der Waals surface area contributed by atoms with Gasteiger partial charge in [-0.2, -0.15) is 0 Å². The van der Waals surface area contributed by atoms with Gasteiger partial charge in [-0.1, -0.05) is 42.5 Å². The molecule has 0 aliphatic carbocycles. The summed E-state index contributed by atoms with van der Waals surface area (Å²) in [4.78, 5) is 16.4. The Morgan fingerprint density at radius 1 is 1.09 bits per heavy atom. The minimum absolute atomic E-state index is 0.352. The fourth-order valence-electron chi connectivity index (χ4n) is 2.61. The van der Waals surface area contributed by atoms with Crippen molar-refractivity contribution in [1.82, 2.24) is 4.98 Å². The molecule has 0 amide bonds. The Bertz CT molecular complexity index is 811. The van der Waals surface area contributed by atoms with Gasteiger partial charge in [0.2, 0.25) is 0 Å².